The standard InChI is InChI=1S/C20H24N2O5/c1-21(11-12-23)14-15-7-6-8-16(13-15)22-10-5-4-9-17(19(24)26-2)18(22)20(25)27-3/h4-10,13,23H,11-12,14H2,1-3H3. The number of aliphatic hydroxyl groups excluding tert-OH is 1. The van der Waals surface area contributed by atoms with E-state index < -0.39 is 11.9 Å². The molecule has 1 N–H and O–H groups in total. The van der Waals surface area contributed by atoms with Crippen molar-refractivity contribution >= 4 is 17.6 Å². The van der Waals surface area contributed by atoms with Crippen molar-refractivity contribution in [3.63, 3.8) is 0 Å². The molecule has 0 bridgehead atoms. The Hall–Kier alpha value is -2.90. The fourth-order valence-electron chi connectivity index (χ4n) is 2.73. The van der Waals surface area contributed by atoms with Gasteiger partial charge in [-0.05, 0) is 36.9 Å². The van der Waals surface area contributed by atoms with Crippen LogP contribution in [0.25, 0.3) is 0 Å². The summed E-state index contributed by atoms with van der Waals surface area (Å²) >= 11 is 0. The van der Waals surface area contributed by atoms with Crippen molar-refractivity contribution < 1.29 is 24.2 Å². The van der Waals surface area contributed by atoms with Crippen LogP contribution in [0.2, 0.25) is 0 Å². The number of aliphatic hydroxyl groups is 1. The lowest BCUT2D eigenvalue weighted by atomic mass is 10.1. The van der Waals surface area contributed by atoms with Gasteiger partial charge >= 0.3 is 11.9 Å². The van der Waals surface area contributed by atoms with Gasteiger partial charge in [-0.2, -0.15) is 0 Å². The highest BCUT2D eigenvalue weighted by Gasteiger charge is 2.27. The van der Waals surface area contributed by atoms with E-state index in [1.54, 1.807) is 23.3 Å². The van der Waals surface area contributed by atoms with E-state index in [2.05, 4.69) is 0 Å². The number of nitrogens with zero attached hydrogens (tertiary/aromatic N) is 2. The van der Waals surface area contributed by atoms with Gasteiger partial charge in [0.2, 0.25) is 0 Å². The molecule has 2 rings (SSSR count). The Morgan fingerprint density at radius 2 is 1.89 bits per heavy atom. The maximum atomic E-state index is 12.4. The van der Waals surface area contributed by atoms with Gasteiger partial charge < -0.3 is 19.5 Å². The molecule has 0 saturated carbocycles. The third-order valence-corrected chi connectivity index (χ3v) is 4.01. The minimum atomic E-state index is -0.644. The number of likely N-dealkylation sites (N-methyl/N-ethyl adjacent to an activating group) is 1. The summed E-state index contributed by atoms with van der Waals surface area (Å²) in [4.78, 5) is 28.2. The van der Waals surface area contributed by atoms with Gasteiger partial charge in [-0.3, -0.25) is 4.90 Å². The molecule has 7 heteroatoms. The van der Waals surface area contributed by atoms with Crippen LogP contribution >= 0.6 is 0 Å². The second kappa shape index (κ2) is 9.70. The highest BCUT2D eigenvalue weighted by atomic mass is 16.5. The monoisotopic (exact) mass is 372 g/mol. The second-order valence-electron chi connectivity index (χ2n) is 5.95. The number of carbonyl (C=O) groups excluding carboxylic acids is 2. The minimum absolute atomic E-state index is 0.0778. The van der Waals surface area contributed by atoms with Gasteiger partial charge in [0.15, 0.2) is 0 Å². The van der Waals surface area contributed by atoms with E-state index in [-0.39, 0.29) is 17.9 Å². The Morgan fingerprint density at radius 3 is 2.56 bits per heavy atom. The van der Waals surface area contributed by atoms with E-state index in [9.17, 15) is 9.59 Å². The topological polar surface area (TPSA) is 79.3 Å². The molecule has 1 aliphatic rings. The van der Waals surface area contributed by atoms with Crippen LogP contribution in [0.5, 0.6) is 0 Å². The molecule has 0 saturated heterocycles. The average Bonchev–Trinajstić information content (AvgIpc) is 2.90. The first-order chi connectivity index (χ1) is 13.0. The molecule has 0 amide bonds. The number of anilines is 1. The van der Waals surface area contributed by atoms with Crippen LogP contribution in [-0.2, 0) is 25.6 Å². The van der Waals surface area contributed by atoms with Gasteiger partial charge in [-0.1, -0.05) is 18.2 Å². The Balaban J connectivity index is 2.48. The number of esters is 2. The molecule has 1 heterocycles. The van der Waals surface area contributed by atoms with Gasteiger partial charge in [0.1, 0.15) is 5.70 Å². The quantitative estimate of drug-likeness (QED) is 0.728. The number of ether oxygens (including phenoxy) is 2. The molecule has 1 aliphatic heterocycles. The van der Waals surface area contributed by atoms with E-state index in [1.807, 2.05) is 36.2 Å². The summed E-state index contributed by atoms with van der Waals surface area (Å²) in [5.41, 5.74) is 1.89. The number of carbonyl (C=O) groups is 2. The highest BCUT2D eigenvalue weighted by Crippen LogP contribution is 2.27. The van der Waals surface area contributed by atoms with Crippen LogP contribution in [0.3, 0.4) is 0 Å². The maximum Gasteiger partial charge on any atom is 0.355 e. The molecule has 0 atom stereocenters. The van der Waals surface area contributed by atoms with Crippen molar-refractivity contribution in [2.75, 3.05) is 39.3 Å². The summed E-state index contributed by atoms with van der Waals surface area (Å²) in [5, 5.41) is 9.06. The van der Waals surface area contributed by atoms with E-state index >= 15 is 0 Å². The van der Waals surface area contributed by atoms with E-state index in [0.717, 1.165) is 5.56 Å². The summed E-state index contributed by atoms with van der Waals surface area (Å²) in [6.45, 7) is 1.26. The van der Waals surface area contributed by atoms with Crippen molar-refractivity contribution in [3.05, 3.63) is 65.5 Å². The van der Waals surface area contributed by atoms with Crippen molar-refractivity contribution in [1.29, 1.82) is 0 Å². The first kappa shape index (κ1) is 20.4. The van der Waals surface area contributed by atoms with Crippen LogP contribution in [0.4, 0.5) is 5.69 Å². The molecule has 1 aromatic rings. The molecule has 0 aliphatic carbocycles. The fourth-order valence-corrected chi connectivity index (χ4v) is 2.73. The minimum Gasteiger partial charge on any atom is -0.465 e. The lowest BCUT2D eigenvalue weighted by molar-refractivity contribution is -0.139. The van der Waals surface area contributed by atoms with Gasteiger partial charge in [-0.25, -0.2) is 9.59 Å². The summed E-state index contributed by atoms with van der Waals surface area (Å²) in [6.07, 6.45) is 6.60. The van der Waals surface area contributed by atoms with Gasteiger partial charge in [-0.15, -0.1) is 0 Å². The molecular weight excluding hydrogens is 348 g/mol. The van der Waals surface area contributed by atoms with E-state index in [4.69, 9.17) is 14.6 Å². The van der Waals surface area contributed by atoms with Crippen LogP contribution < -0.4 is 4.90 Å². The predicted molar refractivity (Wildman–Crippen MR) is 102 cm³/mol. The third kappa shape index (κ3) is 5.06. The maximum absolute atomic E-state index is 12.4. The number of methoxy groups -OCH3 is 2. The molecule has 7 nitrogen and oxygen atoms in total. The van der Waals surface area contributed by atoms with Crippen molar-refractivity contribution in [1.82, 2.24) is 4.90 Å². The molecule has 0 spiro atoms. The smallest absolute Gasteiger partial charge is 0.355 e. The lowest BCUT2D eigenvalue weighted by Gasteiger charge is -2.24. The molecule has 0 radical (unpaired) electrons. The zero-order valence-corrected chi connectivity index (χ0v) is 15.7. The number of allylic oxidation sites excluding steroid dienone is 2. The lowest BCUT2D eigenvalue weighted by Crippen LogP contribution is -2.27. The number of hydrogen-bond acceptors (Lipinski definition) is 7. The van der Waals surface area contributed by atoms with Crippen LogP contribution in [0, 0.1) is 0 Å². The van der Waals surface area contributed by atoms with E-state index in [0.29, 0.717) is 18.8 Å². The molecular formula is C20H24N2O5. The zero-order chi connectivity index (χ0) is 19.8. The number of benzene rings is 1. The predicted octanol–water partition coefficient (Wildman–Crippen LogP) is 1.60. The molecule has 144 valence electrons. The van der Waals surface area contributed by atoms with Gasteiger partial charge in [0.05, 0.1) is 26.4 Å². The SMILES string of the molecule is COC(=O)C1=C(C(=O)OC)N(c2cccc(CN(C)CCO)c2)C=CC=C1. The summed E-state index contributed by atoms with van der Waals surface area (Å²) < 4.78 is 9.72. The summed E-state index contributed by atoms with van der Waals surface area (Å²) in [5.74, 6) is -1.27. The Kier molecular flexibility index (Phi) is 7.34. The highest BCUT2D eigenvalue weighted by molar-refractivity contribution is 6.05. The number of hydrogen-bond donors (Lipinski definition) is 1. The first-order valence-electron chi connectivity index (χ1n) is 8.45. The molecule has 27 heavy (non-hydrogen) atoms. The summed E-state index contributed by atoms with van der Waals surface area (Å²) in [6, 6.07) is 7.58. The zero-order valence-electron chi connectivity index (χ0n) is 15.7. The van der Waals surface area contributed by atoms with Gasteiger partial charge in [0.25, 0.3) is 0 Å². The van der Waals surface area contributed by atoms with Gasteiger partial charge in [0, 0.05) is 25.0 Å². The second-order valence-corrected chi connectivity index (χ2v) is 5.95. The Bertz CT molecular complexity index is 782. The molecule has 0 fully saturated rings. The van der Waals surface area contributed by atoms with Crippen molar-refractivity contribution in [2.24, 2.45) is 0 Å². The average molecular weight is 372 g/mol. The summed E-state index contributed by atoms with van der Waals surface area (Å²) in [7, 11) is 4.44. The van der Waals surface area contributed by atoms with E-state index in [1.165, 1.54) is 20.3 Å². The Morgan fingerprint density at radius 1 is 1.15 bits per heavy atom. The third-order valence-electron chi connectivity index (χ3n) is 4.01. The largest absolute Gasteiger partial charge is 0.465 e. The normalized spacial score (nSPS) is 13.7. The molecule has 0 unspecified atom stereocenters. The van der Waals surface area contributed by atoms with Crippen molar-refractivity contribution in [2.45, 2.75) is 6.54 Å². The molecule has 0 aromatic heterocycles. The number of rotatable bonds is 7. The first-order valence-corrected chi connectivity index (χ1v) is 8.45. The van der Waals surface area contributed by atoms with Crippen LogP contribution in [0.15, 0.2) is 60.0 Å². The van der Waals surface area contributed by atoms with Crippen molar-refractivity contribution in [3.8, 4) is 0 Å². The van der Waals surface area contributed by atoms with Crippen LogP contribution in [0.1, 0.15) is 5.56 Å². The Labute approximate surface area is 158 Å². The fraction of sp³-hybridized carbons (Fsp3) is 0.300. The molecule has 1 aromatic carbocycles. The van der Waals surface area contributed by atoms with Crippen LogP contribution in [-0.4, -0.2) is 56.4 Å².